The second-order valence-electron chi connectivity index (χ2n) is 5.30. The number of hydrogen-bond acceptors (Lipinski definition) is 4. The number of carbonyl (C=O) groups excluding carboxylic acids is 1. The van der Waals surface area contributed by atoms with Crippen LogP contribution >= 0.6 is 0 Å². The van der Waals surface area contributed by atoms with Gasteiger partial charge >= 0.3 is 0 Å². The number of hydrogen-bond donors (Lipinski definition) is 1. The number of methoxy groups -OCH3 is 1. The fourth-order valence-electron chi connectivity index (χ4n) is 2.16. The first-order chi connectivity index (χ1) is 8.44. The van der Waals surface area contributed by atoms with E-state index in [9.17, 15) is 4.79 Å². The third kappa shape index (κ3) is 3.43. The summed E-state index contributed by atoms with van der Waals surface area (Å²) in [5, 5.41) is 3.13. The van der Waals surface area contributed by atoms with Crippen molar-refractivity contribution in [2.75, 3.05) is 40.5 Å². The maximum absolute atomic E-state index is 12.5. The zero-order valence-corrected chi connectivity index (χ0v) is 12.2. The highest BCUT2D eigenvalue weighted by atomic mass is 16.5. The van der Waals surface area contributed by atoms with Crippen LogP contribution in [0, 0.1) is 5.92 Å². The number of amides is 1. The van der Waals surface area contributed by atoms with Gasteiger partial charge in [0.15, 0.2) is 0 Å². The highest BCUT2D eigenvalue weighted by Gasteiger charge is 2.37. The van der Waals surface area contributed by atoms with Gasteiger partial charge in [0.05, 0.1) is 24.9 Å². The zero-order chi connectivity index (χ0) is 13.8. The average Bonchev–Trinajstić information content (AvgIpc) is 2.40. The number of morpholine rings is 1. The SMILES string of the molecule is CNC(C(=O)N1CCOCC1)[C@@H](C)C(C)(C)OC. The van der Waals surface area contributed by atoms with Crippen molar-refractivity contribution in [2.24, 2.45) is 5.92 Å². The molecule has 1 aliphatic rings. The second-order valence-corrected chi connectivity index (χ2v) is 5.30. The second kappa shape index (κ2) is 6.50. The molecule has 1 saturated heterocycles. The Kier molecular flexibility index (Phi) is 5.56. The molecule has 1 heterocycles. The topological polar surface area (TPSA) is 50.8 Å². The lowest BCUT2D eigenvalue weighted by Gasteiger charge is -2.38. The number of likely N-dealkylation sites (N-methyl/N-ethyl adjacent to an activating group) is 1. The maximum Gasteiger partial charge on any atom is 0.240 e. The average molecular weight is 258 g/mol. The van der Waals surface area contributed by atoms with Crippen LogP contribution in [0.15, 0.2) is 0 Å². The lowest BCUT2D eigenvalue weighted by atomic mass is 9.85. The van der Waals surface area contributed by atoms with E-state index < -0.39 is 0 Å². The fourth-order valence-corrected chi connectivity index (χ4v) is 2.16. The van der Waals surface area contributed by atoms with Gasteiger partial charge in [-0.2, -0.15) is 0 Å². The molecular weight excluding hydrogens is 232 g/mol. The van der Waals surface area contributed by atoms with E-state index in [2.05, 4.69) is 5.32 Å². The van der Waals surface area contributed by atoms with Gasteiger partial charge in [-0.05, 0) is 20.9 Å². The number of carbonyl (C=O) groups is 1. The van der Waals surface area contributed by atoms with Crippen molar-refractivity contribution >= 4 is 5.91 Å². The van der Waals surface area contributed by atoms with Crippen LogP contribution in [0.3, 0.4) is 0 Å². The van der Waals surface area contributed by atoms with Gasteiger partial charge in [0, 0.05) is 26.1 Å². The Bertz CT molecular complexity index is 275. The van der Waals surface area contributed by atoms with Crippen LogP contribution in [0.4, 0.5) is 0 Å². The Labute approximate surface area is 110 Å². The molecule has 0 bridgehead atoms. The van der Waals surface area contributed by atoms with Crippen LogP contribution in [0.5, 0.6) is 0 Å². The summed E-state index contributed by atoms with van der Waals surface area (Å²) in [6, 6.07) is -0.224. The van der Waals surface area contributed by atoms with E-state index in [-0.39, 0.29) is 23.5 Å². The van der Waals surface area contributed by atoms with Crippen molar-refractivity contribution in [1.82, 2.24) is 10.2 Å². The Balaban J connectivity index is 2.72. The molecule has 0 aliphatic carbocycles. The predicted molar refractivity (Wildman–Crippen MR) is 70.5 cm³/mol. The summed E-state index contributed by atoms with van der Waals surface area (Å²) in [6.07, 6.45) is 0. The first-order valence-corrected chi connectivity index (χ1v) is 6.53. The Morgan fingerprint density at radius 1 is 1.39 bits per heavy atom. The Morgan fingerprint density at radius 2 is 1.94 bits per heavy atom. The Hall–Kier alpha value is -0.650. The molecule has 1 unspecified atom stereocenters. The molecule has 1 N–H and O–H groups in total. The lowest BCUT2D eigenvalue weighted by molar-refractivity contribution is -0.142. The zero-order valence-electron chi connectivity index (χ0n) is 12.2. The molecule has 0 aromatic carbocycles. The maximum atomic E-state index is 12.5. The number of rotatable bonds is 5. The minimum absolute atomic E-state index is 0.0860. The van der Waals surface area contributed by atoms with Crippen molar-refractivity contribution in [2.45, 2.75) is 32.4 Å². The molecule has 0 radical (unpaired) electrons. The normalized spacial score (nSPS) is 20.6. The summed E-state index contributed by atoms with van der Waals surface area (Å²) < 4.78 is 10.8. The van der Waals surface area contributed by atoms with E-state index >= 15 is 0 Å². The van der Waals surface area contributed by atoms with Crippen LogP contribution in [-0.4, -0.2) is 62.9 Å². The summed E-state index contributed by atoms with van der Waals surface area (Å²) in [6.45, 7) is 8.68. The van der Waals surface area contributed by atoms with Crippen molar-refractivity contribution in [1.29, 1.82) is 0 Å². The summed E-state index contributed by atoms with van der Waals surface area (Å²) in [4.78, 5) is 14.4. The van der Waals surface area contributed by atoms with Crippen molar-refractivity contribution in [3.63, 3.8) is 0 Å². The van der Waals surface area contributed by atoms with Gasteiger partial charge in [-0.25, -0.2) is 0 Å². The van der Waals surface area contributed by atoms with Crippen molar-refractivity contribution in [3.05, 3.63) is 0 Å². The summed E-state index contributed by atoms with van der Waals surface area (Å²) in [5.74, 6) is 0.223. The van der Waals surface area contributed by atoms with Crippen molar-refractivity contribution in [3.8, 4) is 0 Å². The summed E-state index contributed by atoms with van der Waals surface area (Å²) in [7, 11) is 3.51. The third-order valence-electron chi connectivity index (χ3n) is 4.02. The lowest BCUT2D eigenvalue weighted by Crippen LogP contribution is -2.56. The molecule has 1 aliphatic heterocycles. The molecule has 1 amide bonds. The fraction of sp³-hybridized carbons (Fsp3) is 0.923. The number of nitrogens with zero attached hydrogens (tertiary/aromatic N) is 1. The molecule has 5 nitrogen and oxygen atoms in total. The van der Waals surface area contributed by atoms with Gasteiger partial charge < -0.3 is 19.7 Å². The van der Waals surface area contributed by atoms with Crippen LogP contribution in [0.25, 0.3) is 0 Å². The molecular formula is C13H26N2O3. The monoisotopic (exact) mass is 258 g/mol. The van der Waals surface area contributed by atoms with E-state index in [1.807, 2.05) is 32.7 Å². The Morgan fingerprint density at radius 3 is 2.39 bits per heavy atom. The number of ether oxygens (including phenoxy) is 2. The van der Waals surface area contributed by atoms with Crippen molar-refractivity contribution < 1.29 is 14.3 Å². The van der Waals surface area contributed by atoms with Gasteiger partial charge in [0.25, 0.3) is 0 Å². The molecule has 0 aromatic heterocycles. The van der Waals surface area contributed by atoms with Gasteiger partial charge in [-0.1, -0.05) is 6.92 Å². The van der Waals surface area contributed by atoms with Gasteiger partial charge in [0.1, 0.15) is 0 Å². The molecule has 106 valence electrons. The highest BCUT2D eigenvalue weighted by molar-refractivity contribution is 5.82. The minimum atomic E-state index is -0.338. The third-order valence-corrected chi connectivity index (χ3v) is 4.02. The summed E-state index contributed by atoms with van der Waals surface area (Å²) >= 11 is 0. The van der Waals surface area contributed by atoms with Gasteiger partial charge in [-0.15, -0.1) is 0 Å². The van der Waals surface area contributed by atoms with E-state index in [1.165, 1.54) is 0 Å². The molecule has 0 spiro atoms. The molecule has 1 rings (SSSR count). The van der Waals surface area contributed by atoms with E-state index in [1.54, 1.807) is 7.11 Å². The molecule has 0 aromatic rings. The molecule has 18 heavy (non-hydrogen) atoms. The van der Waals surface area contributed by atoms with Gasteiger partial charge in [0.2, 0.25) is 5.91 Å². The van der Waals surface area contributed by atoms with E-state index in [0.717, 1.165) is 0 Å². The van der Waals surface area contributed by atoms with Gasteiger partial charge in [-0.3, -0.25) is 4.79 Å². The molecule has 2 atom stereocenters. The van der Waals surface area contributed by atoms with Crippen LogP contribution < -0.4 is 5.32 Å². The quantitative estimate of drug-likeness (QED) is 0.780. The highest BCUT2D eigenvalue weighted by Crippen LogP contribution is 2.24. The van der Waals surface area contributed by atoms with Crippen LogP contribution in [0.2, 0.25) is 0 Å². The summed E-state index contributed by atoms with van der Waals surface area (Å²) in [5.41, 5.74) is -0.338. The largest absolute Gasteiger partial charge is 0.378 e. The smallest absolute Gasteiger partial charge is 0.240 e. The van der Waals surface area contributed by atoms with Crippen LogP contribution in [0.1, 0.15) is 20.8 Å². The van der Waals surface area contributed by atoms with E-state index in [4.69, 9.17) is 9.47 Å². The molecule has 5 heteroatoms. The van der Waals surface area contributed by atoms with Crippen LogP contribution in [-0.2, 0) is 14.3 Å². The number of nitrogens with one attached hydrogen (secondary N) is 1. The minimum Gasteiger partial charge on any atom is -0.378 e. The first-order valence-electron chi connectivity index (χ1n) is 6.53. The standard InChI is InChI=1S/C13H26N2O3/c1-10(13(2,3)17-5)11(14-4)12(16)15-6-8-18-9-7-15/h10-11,14H,6-9H2,1-5H3/t10-,11?/m1/s1. The molecule has 0 saturated carbocycles. The molecule has 1 fully saturated rings. The predicted octanol–water partition coefficient (Wildman–Crippen LogP) is 0.494. The first kappa shape index (κ1) is 15.4. The van der Waals surface area contributed by atoms with E-state index in [0.29, 0.717) is 26.3 Å².